The van der Waals surface area contributed by atoms with Crippen LogP contribution in [-0.4, -0.2) is 35.3 Å². The van der Waals surface area contributed by atoms with Crippen molar-refractivity contribution < 1.29 is 23.0 Å². The van der Waals surface area contributed by atoms with Crippen LogP contribution < -0.4 is 9.64 Å². The Balaban J connectivity index is 2.11. The summed E-state index contributed by atoms with van der Waals surface area (Å²) in [5, 5.41) is 8.72. The van der Waals surface area contributed by atoms with Gasteiger partial charge in [-0.2, -0.15) is 18.2 Å². The summed E-state index contributed by atoms with van der Waals surface area (Å²) < 4.78 is 43.3. The number of nitrogens with zero attached hydrogens (tertiary/aromatic N) is 3. The molecule has 0 atom stereocenters. The molecule has 1 aromatic heterocycles. The molecule has 5 nitrogen and oxygen atoms in total. The van der Waals surface area contributed by atoms with Crippen molar-refractivity contribution in [2.45, 2.75) is 12.7 Å². The number of rotatable bonds is 6. The van der Waals surface area contributed by atoms with E-state index in [-0.39, 0.29) is 25.6 Å². The van der Waals surface area contributed by atoms with E-state index in [1.807, 2.05) is 0 Å². The van der Waals surface area contributed by atoms with Crippen LogP contribution in [0.3, 0.4) is 0 Å². The molecule has 0 aliphatic heterocycles. The van der Waals surface area contributed by atoms with E-state index < -0.39 is 11.7 Å². The highest BCUT2D eigenvalue weighted by atomic mass is 19.4. The van der Waals surface area contributed by atoms with Gasteiger partial charge in [0.05, 0.1) is 24.6 Å². The first kappa shape index (κ1) is 17.0. The summed E-state index contributed by atoms with van der Waals surface area (Å²) in [6, 6.07) is 5.13. The lowest BCUT2D eigenvalue weighted by Crippen LogP contribution is -2.19. The van der Waals surface area contributed by atoms with E-state index in [0.29, 0.717) is 11.4 Å². The quantitative estimate of drug-likeness (QED) is 0.883. The van der Waals surface area contributed by atoms with Crippen molar-refractivity contribution >= 4 is 5.82 Å². The molecule has 0 unspecified atom stereocenters. The first-order valence-electron chi connectivity index (χ1n) is 6.83. The van der Waals surface area contributed by atoms with Gasteiger partial charge in [-0.3, -0.25) is 4.98 Å². The predicted octanol–water partition coefficient (Wildman–Crippen LogP) is 2.50. The zero-order chi connectivity index (χ0) is 16.9. The number of ether oxygens (including phenoxy) is 1. The number of aromatic nitrogens is 2. The fraction of sp³-hybridized carbons (Fsp3) is 0.333. The van der Waals surface area contributed by atoms with E-state index >= 15 is 0 Å². The monoisotopic (exact) mass is 327 g/mol. The molecule has 124 valence electrons. The number of halogens is 3. The number of aliphatic hydroxyl groups excluding tert-OH is 1. The molecule has 1 heterocycles. The second-order valence-corrected chi connectivity index (χ2v) is 4.84. The highest BCUT2D eigenvalue weighted by molar-refractivity contribution is 5.38. The van der Waals surface area contributed by atoms with Crippen molar-refractivity contribution in [2.24, 2.45) is 0 Å². The van der Waals surface area contributed by atoms with Gasteiger partial charge in [0.15, 0.2) is 5.82 Å². The van der Waals surface area contributed by atoms with Gasteiger partial charge in [-0.05, 0) is 17.7 Å². The number of hydrogen-bond acceptors (Lipinski definition) is 5. The van der Waals surface area contributed by atoms with Crippen molar-refractivity contribution in [1.29, 1.82) is 0 Å². The van der Waals surface area contributed by atoms with Crippen LogP contribution in [0.15, 0.2) is 36.7 Å². The van der Waals surface area contributed by atoms with Crippen LogP contribution in [0.5, 0.6) is 5.88 Å². The molecular formula is C15H16F3N3O2. The largest absolute Gasteiger partial charge is 0.474 e. The molecule has 2 rings (SSSR count). The number of alkyl halides is 3. The second kappa shape index (κ2) is 7.28. The lowest BCUT2D eigenvalue weighted by atomic mass is 10.1. The van der Waals surface area contributed by atoms with Crippen LogP contribution in [0, 0.1) is 0 Å². The van der Waals surface area contributed by atoms with Crippen molar-refractivity contribution in [1.82, 2.24) is 9.97 Å². The molecule has 0 bridgehead atoms. The Morgan fingerprint density at radius 1 is 1.26 bits per heavy atom. The Bertz CT molecular complexity index is 650. The summed E-state index contributed by atoms with van der Waals surface area (Å²) in [5.41, 5.74) is -0.180. The maximum absolute atomic E-state index is 12.7. The van der Waals surface area contributed by atoms with Crippen LogP contribution in [-0.2, 0) is 12.7 Å². The maximum atomic E-state index is 12.7. The number of benzene rings is 1. The second-order valence-electron chi connectivity index (χ2n) is 4.84. The maximum Gasteiger partial charge on any atom is 0.416 e. The topological polar surface area (TPSA) is 58.5 Å². The molecule has 23 heavy (non-hydrogen) atoms. The van der Waals surface area contributed by atoms with E-state index in [0.717, 1.165) is 12.1 Å². The van der Waals surface area contributed by atoms with Crippen molar-refractivity contribution in [3.63, 3.8) is 0 Å². The molecule has 0 saturated heterocycles. The summed E-state index contributed by atoms with van der Waals surface area (Å²) >= 11 is 0. The van der Waals surface area contributed by atoms with Crippen LogP contribution in [0.1, 0.15) is 11.1 Å². The van der Waals surface area contributed by atoms with Gasteiger partial charge in [0, 0.05) is 13.6 Å². The van der Waals surface area contributed by atoms with E-state index in [9.17, 15) is 13.2 Å². The third-order valence-electron chi connectivity index (χ3n) is 3.01. The molecule has 0 aliphatic carbocycles. The standard InChI is InChI=1S/C15H16F3N3O2/c1-21(13-8-19-9-14(20-13)23-6-5-22)10-11-3-2-4-12(7-11)15(16,17)18/h2-4,7-9,22H,5-6,10H2,1H3. The van der Waals surface area contributed by atoms with Gasteiger partial charge < -0.3 is 14.7 Å². The van der Waals surface area contributed by atoms with Crippen molar-refractivity contribution in [3.8, 4) is 5.88 Å². The molecule has 0 aliphatic rings. The van der Waals surface area contributed by atoms with E-state index in [4.69, 9.17) is 9.84 Å². The first-order valence-corrected chi connectivity index (χ1v) is 6.83. The Morgan fingerprint density at radius 3 is 2.74 bits per heavy atom. The van der Waals surface area contributed by atoms with Gasteiger partial charge in [-0.25, -0.2) is 0 Å². The fourth-order valence-corrected chi connectivity index (χ4v) is 1.94. The zero-order valence-electron chi connectivity index (χ0n) is 12.4. The van der Waals surface area contributed by atoms with Gasteiger partial charge in [0.2, 0.25) is 5.88 Å². The fourth-order valence-electron chi connectivity index (χ4n) is 1.94. The molecule has 0 fully saturated rings. The summed E-state index contributed by atoms with van der Waals surface area (Å²) in [5.74, 6) is 0.699. The molecule has 0 saturated carbocycles. The van der Waals surface area contributed by atoms with Gasteiger partial charge in [0.1, 0.15) is 6.61 Å². The molecule has 0 spiro atoms. The summed E-state index contributed by atoms with van der Waals surface area (Å²) in [7, 11) is 1.69. The highest BCUT2D eigenvalue weighted by Gasteiger charge is 2.30. The lowest BCUT2D eigenvalue weighted by Gasteiger charge is -2.19. The van der Waals surface area contributed by atoms with E-state index in [2.05, 4.69) is 9.97 Å². The Hall–Kier alpha value is -2.35. The molecule has 1 N–H and O–H groups in total. The predicted molar refractivity (Wildman–Crippen MR) is 78.2 cm³/mol. The average molecular weight is 327 g/mol. The third-order valence-corrected chi connectivity index (χ3v) is 3.01. The third kappa shape index (κ3) is 4.82. The van der Waals surface area contributed by atoms with Crippen LogP contribution in [0.4, 0.5) is 19.0 Å². The molecular weight excluding hydrogens is 311 g/mol. The Morgan fingerprint density at radius 2 is 2.04 bits per heavy atom. The van der Waals surface area contributed by atoms with Crippen LogP contribution >= 0.6 is 0 Å². The van der Waals surface area contributed by atoms with E-state index in [1.54, 1.807) is 18.0 Å². The average Bonchev–Trinajstić information content (AvgIpc) is 2.52. The number of hydrogen-bond donors (Lipinski definition) is 1. The molecule has 0 amide bonds. The van der Waals surface area contributed by atoms with Crippen LogP contribution in [0.2, 0.25) is 0 Å². The van der Waals surface area contributed by atoms with E-state index in [1.165, 1.54) is 18.5 Å². The minimum Gasteiger partial charge on any atom is -0.474 e. The highest BCUT2D eigenvalue weighted by Crippen LogP contribution is 2.30. The molecule has 0 radical (unpaired) electrons. The van der Waals surface area contributed by atoms with Gasteiger partial charge in [0.25, 0.3) is 0 Å². The Kier molecular flexibility index (Phi) is 5.38. The normalized spacial score (nSPS) is 11.3. The van der Waals surface area contributed by atoms with Gasteiger partial charge >= 0.3 is 6.18 Å². The molecule has 2 aromatic rings. The smallest absolute Gasteiger partial charge is 0.416 e. The van der Waals surface area contributed by atoms with Crippen molar-refractivity contribution in [3.05, 3.63) is 47.8 Å². The summed E-state index contributed by atoms with van der Waals surface area (Å²) in [6.07, 6.45) is -1.48. The summed E-state index contributed by atoms with van der Waals surface area (Å²) in [6.45, 7) is 0.184. The van der Waals surface area contributed by atoms with Crippen LogP contribution in [0.25, 0.3) is 0 Å². The Labute approximate surface area is 131 Å². The minimum absolute atomic E-state index is 0.0927. The SMILES string of the molecule is CN(Cc1cccc(C(F)(F)F)c1)c1cncc(OCCO)n1. The van der Waals surface area contributed by atoms with Crippen molar-refractivity contribution in [2.75, 3.05) is 25.2 Å². The zero-order valence-corrected chi connectivity index (χ0v) is 12.4. The lowest BCUT2D eigenvalue weighted by molar-refractivity contribution is -0.137. The number of anilines is 1. The molecule has 8 heteroatoms. The molecule has 1 aromatic carbocycles. The number of aliphatic hydroxyl groups is 1. The first-order chi connectivity index (χ1) is 10.9. The van der Waals surface area contributed by atoms with Gasteiger partial charge in [-0.15, -0.1) is 0 Å². The summed E-state index contributed by atoms with van der Waals surface area (Å²) in [4.78, 5) is 9.81. The van der Waals surface area contributed by atoms with Gasteiger partial charge in [-0.1, -0.05) is 12.1 Å². The minimum atomic E-state index is -4.37.